The zero-order valence-electron chi connectivity index (χ0n) is 12.4. The summed E-state index contributed by atoms with van der Waals surface area (Å²) < 4.78 is 19.6. The maximum absolute atomic E-state index is 13.9. The molecule has 0 N–H and O–H groups in total. The van der Waals surface area contributed by atoms with E-state index in [1.54, 1.807) is 30.5 Å². The molecular weight excluding hydrogens is 289 g/mol. The van der Waals surface area contributed by atoms with Crippen molar-refractivity contribution < 1.29 is 9.13 Å². The van der Waals surface area contributed by atoms with Crippen molar-refractivity contribution in [1.82, 2.24) is 4.98 Å². The average molecular weight is 303 g/mol. The molecule has 3 aromatic rings. The predicted octanol–water partition coefficient (Wildman–Crippen LogP) is 4.45. The Morgan fingerprint density at radius 1 is 1.04 bits per heavy atom. The Morgan fingerprint density at radius 2 is 1.87 bits per heavy atom. The van der Waals surface area contributed by atoms with Crippen LogP contribution in [0.3, 0.4) is 0 Å². The molecule has 0 fully saturated rings. The molecule has 2 nitrogen and oxygen atoms in total. The first-order chi connectivity index (χ1) is 11.3. The molecule has 3 heteroatoms. The van der Waals surface area contributed by atoms with E-state index in [4.69, 9.17) is 11.2 Å². The lowest BCUT2D eigenvalue weighted by Gasteiger charge is -2.07. The van der Waals surface area contributed by atoms with Gasteiger partial charge in [-0.05, 0) is 29.8 Å². The van der Waals surface area contributed by atoms with Gasteiger partial charge in [0.15, 0.2) is 0 Å². The third-order valence-corrected chi connectivity index (χ3v) is 3.41. The maximum atomic E-state index is 13.9. The average Bonchev–Trinajstić information content (AvgIpc) is 2.62. The highest BCUT2D eigenvalue weighted by Gasteiger charge is 2.07. The van der Waals surface area contributed by atoms with Gasteiger partial charge in [-0.2, -0.15) is 0 Å². The first kappa shape index (κ1) is 14.8. The fourth-order valence-electron chi connectivity index (χ4n) is 2.19. The van der Waals surface area contributed by atoms with E-state index in [1.807, 2.05) is 30.3 Å². The lowest BCUT2D eigenvalue weighted by molar-refractivity contribution is 0.294. The molecule has 2 aromatic carbocycles. The molecule has 0 aliphatic heterocycles. The number of nitrogens with zero attached hydrogens (tertiary/aromatic N) is 1. The molecule has 0 amide bonds. The van der Waals surface area contributed by atoms with Gasteiger partial charge in [0.05, 0.1) is 0 Å². The molecule has 0 aliphatic rings. The van der Waals surface area contributed by atoms with Crippen molar-refractivity contribution in [2.24, 2.45) is 0 Å². The number of benzene rings is 2. The topological polar surface area (TPSA) is 22.1 Å². The Labute approximate surface area is 134 Å². The summed E-state index contributed by atoms with van der Waals surface area (Å²) in [6, 6.07) is 17.9. The van der Waals surface area contributed by atoms with Gasteiger partial charge < -0.3 is 4.74 Å². The number of aromatic nitrogens is 1. The first-order valence-corrected chi connectivity index (χ1v) is 7.15. The third-order valence-electron chi connectivity index (χ3n) is 3.41. The number of hydrogen-bond acceptors (Lipinski definition) is 2. The van der Waals surface area contributed by atoms with Crippen molar-refractivity contribution in [1.29, 1.82) is 0 Å². The molecular formula is C20H14FNO. The summed E-state index contributed by atoms with van der Waals surface area (Å²) in [5.41, 5.74) is 2.78. The van der Waals surface area contributed by atoms with Crippen LogP contribution in [-0.2, 0) is 6.61 Å². The van der Waals surface area contributed by atoms with Crippen molar-refractivity contribution in [2.45, 2.75) is 6.61 Å². The van der Waals surface area contributed by atoms with E-state index in [0.29, 0.717) is 29.2 Å². The van der Waals surface area contributed by atoms with E-state index in [-0.39, 0.29) is 5.82 Å². The van der Waals surface area contributed by atoms with E-state index >= 15 is 0 Å². The minimum absolute atomic E-state index is 0.330. The Hall–Kier alpha value is -3.12. The zero-order chi connectivity index (χ0) is 16.1. The van der Waals surface area contributed by atoms with Crippen LogP contribution in [0, 0.1) is 18.2 Å². The Kier molecular flexibility index (Phi) is 4.35. The SMILES string of the molecule is C#Cc1ccc(F)c(-c2ccc(OCc3ccccc3)nc2)c1. The van der Waals surface area contributed by atoms with Crippen molar-refractivity contribution in [3.05, 3.63) is 83.8 Å². The van der Waals surface area contributed by atoms with Gasteiger partial charge in [0, 0.05) is 29.0 Å². The molecule has 0 aliphatic carbocycles. The van der Waals surface area contributed by atoms with Gasteiger partial charge in [0.2, 0.25) is 5.88 Å². The first-order valence-electron chi connectivity index (χ1n) is 7.15. The molecule has 0 bridgehead atoms. The van der Waals surface area contributed by atoms with Crippen LogP contribution >= 0.6 is 0 Å². The van der Waals surface area contributed by atoms with Gasteiger partial charge in [0.25, 0.3) is 0 Å². The Bertz CT molecular complexity index is 836. The molecule has 23 heavy (non-hydrogen) atoms. The minimum Gasteiger partial charge on any atom is -0.473 e. The summed E-state index contributed by atoms with van der Waals surface area (Å²) in [4.78, 5) is 4.23. The van der Waals surface area contributed by atoms with Crippen LogP contribution in [0.15, 0.2) is 66.9 Å². The molecule has 0 unspecified atom stereocenters. The van der Waals surface area contributed by atoms with Crippen molar-refractivity contribution in [3.8, 4) is 29.4 Å². The van der Waals surface area contributed by atoms with E-state index in [9.17, 15) is 4.39 Å². The van der Waals surface area contributed by atoms with Crippen LogP contribution in [0.5, 0.6) is 5.88 Å². The van der Waals surface area contributed by atoms with Gasteiger partial charge in [-0.1, -0.05) is 36.3 Å². The largest absolute Gasteiger partial charge is 0.473 e. The van der Waals surface area contributed by atoms with Gasteiger partial charge in [-0.15, -0.1) is 6.42 Å². The van der Waals surface area contributed by atoms with Gasteiger partial charge in [0.1, 0.15) is 12.4 Å². The summed E-state index contributed by atoms with van der Waals surface area (Å²) in [5.74, 6) is 2.66. The second-order valence-corrected chi connectivity index (χ2v) is 5.00. The highest BCUT2D eigenvalue weighted by molar-refractivity contribution is 5.65. The monoisotopic (exact) mass is 303 g/mol. The van der Waals surface area contributed by atoms with Crippen LogP contribution < -0.4 is 4.74 Å². The number of pyridine rings is 1. The Morgan fingerprint density at radius 3 is 2.57 bits per heavy atom. The lowest BCUT2D eigenvalue weighted by atomic mass is 10.0. The van der Waals surface area contributed by atoms with E-state index < -0.39 is 0 Å². The number of ether oxygens (including phenoxy) is 1. The Balaban J connectivity index is 1.76. The highest BCUT2D eigenvalue weighted by atomic mass is 19.1. The summed E-state index contributed by atoms with van der Waals surface area (Å²) >= 11 is 0. The molecule has 0 saturated heterocycles. The van der Waals surface area contributed by atoms with Crippen LogP contribution in [0.4, 0.5) is 4.39 Å². The quantitative estimate of drug-likeness (QED) is 0.664. The molecule has 3 rings (SSSR count). The fourth-order valence-corrected chi connectivity index (χ4v) is 2.19. The highest BCUT2D eigenvalue weighted by Crippen LogP contribution is 2.24. The van der Waals surface area contributed by atoms with Crippen LogP contribution in [0.2, 0.25) is 0 Å². The van der Waals surface area contributed by atoms with Crippen LogP contribution in [0.25, 0.3) is 11.1 Å². The fraction of sp³-hybridized carbons (Fsp3) is 0.0500. The molecule has 1 aromatic heterocycles. The third kappa shape index (κ3) is 3.56. The number of halogens is 1. The minimum atomic E-state index is -0.330. The molecule has 0 saturated carbocycles. The second-order valence-electron chi connectivity index (χ2n) is 5.00. The van der Waals surface area contributed by atoms with Crippen molar-refractivity contribution >= 4 is 0 Å². The smallest absolute Gasteiger partial charge is 0.213 e. The van der Waals surface area contributed by atoms with Crippen LogP contribution in [0.1, 0.15) is 11.1 Å². The summed E-state index contributed by atoms with van der Waals surface area (Å²) in [6.45, 7) is 0.439. The van der Waals surface area contributed by atoms with Crippen molar-refractivity contribution in [3.63, 3.8) is 0 Å². The maximum Gasteiger partial charge on any atom is 0.213 e. The van der Waals surface area contributed by atoms with Gasteiger partial charge >= 0.3 is 0 Å². The number of terminal acetylenes is 1. The number of hydrogen-bond donors (Lipinski definition) is 0. The molecule has 0 radical (unpaired) electrons. The molecule has 0 atom stereocenters. The van der Waals surface area contributed by atoms with Gasteiger partial charge in [-0.3, -0.25) is 0 Å². The van der Waals surface area contributed by atoms with Gasteiger partial charge in [-0.25, -0.2) is 9.37 Å². The normalized spacial score (nSPS) is 10.1. The second kappa shape index (κ2) is 6.76. The van der Waals surface area contributed by atoms with Crippen LogP contribution in [-0.4, -0.2) is 4.98 Å². The zero-order valence-corrected chi connectivity index (χ0v) is 12.4. The van der Waals surface area contributed by atoms with E-state index in [2.05, 4.69) is 10.9 Å². The lowest BCUT2D eigenvalue weighted by Crippen LogP contribution is -1.97. The predicted molar refractivity (Wildman–Crippen MR) is 88.3 cm³/mol. The molecule has 0 spiro atoms. The molecule has 112 valence electrons. The summed E-state index contributed by atoms with van der Waals surface area (Å²) in [6.07, 6.45) is 6.94. The van der Waals surface area contributed by atoms with Crippen molar-refractivity contribution in [2.75, 3.05) is 0 Å². The van der Waals surface area contributed by atoms with E-state index in [1.165, 1.54) is 6.07 Å². The summed E-state index contributed by atoms with van der Waals surface area (Å²) in [5, 5.41) is 0. The summed E-state index contributed by atoms with van der Waals surface area (Å²) in [7, 11) is 0. The number of rotatable bonds is 4. The standard InChI is InChI=1S/C20H14FNO/c1-2-15-8-10-19(21)18(12-15)17-9-11-20(22-13-17)23-14-16-6-4-3-5-7-16/h1,3-13H,14H2. The molecule has 1 heterocycles. The van der Waals surface area contributed by atoms with E-state index in [0.717, 1.165) is 5.56 Å².